The molecule has 3 aromatic rings. The average Bonchev–Trinajstić information content (AvgIpc) is 3.15. The first-order valence-corrected chi connectivity index (χ1v) is 8.69. The second kappa shape index (κ2) is 9.00. The van der Waals surface area contributed by atoms with Crippen LogP contribution in [0, 0.1) is 5.82 Å². The van der Waals surface area contributed by atoms with Crippen LogP contribution in [0.25, 0.3) is 11.4 Å². The van der Waals surface area contributed by atoms with Crippen LogP contribution < -0.4 is 10.9 Å². The van der Waals surface area contributed by atoms with E-state index in [4.69, 9.17) is 0 Å². The molecule has 0 aliphatic rings. The second-order valence-corrected chi connectivity index (χ2v) is 6.11. The number of carbonyl (C=O) groups excluding carboxylic acids is 1. The van der Waals surface area contributed by atoms with Gasteiger partial charge in [-0.05, 0) is 42.0 Å². The summed E-state index contributed by atoms with van der Waals surface area (Å²) in [6.45, 7) is 0.380. The van der Waals surface area contributed by atoms with Gasteiger partial charge in [-0.3, -0.25) is 9.59 Å². The highest BCUT2D eigenvalue weighted by molar-refractivity contribution is 5.75. The molecule has 146 valence electrons. The number of aliphatic hydroxyl groups is 1. The highest BCUT2D eigenvalue weighted by Gasteiger charge is 2.11. The number of tetrazole rings is 1. The van der Waals surface area contributed by atoms with Crippen LogP contribution in [0.3, 0.4) is 0 Å². The van der Waals surface area contributed by atoms with E-state index in [-0.39, 0.29) is 30.2 Å². The summed E-state index contributed by atoms with van der Waals surface area (Å²) in [5.41, 5.74) is 0.675. The lowest BCUT2D eigenvalue weighted by atomic mass is 10.2. The van der Waals surface area contributed by atoms with Crippen molar-refractivity contribution in [3.8, 4) is 11.4 Å². The summed E-state index contributed by atoms with van der Waals surface area (Å²) in [5, 5.41) is 24.6. The summed E-state index contributed by atoms with van der Waals surface area (Å²) in [6, 6.07) is 10.2. The number of amides is 1. The summed E-state index contributed by atoms with van der Waals surface area (Å²) in [7, 11) is 0. The molecule has 1 atom stereocenters. The number of carbonyl (C=O) groups is 1. The van der Waals surface area contributed by atoms with Crippen molar-refractivity contribution in [2.75, 3.05) is 6.54 Å². The molecule has 0 saturated heterocycles. The lowest BCUT2D eigenvalue weighted by Gasteiger charge is -2.11. The van der Waals surface area contributed by atoms with Crippen LogP contribution in [0.5, 0.6) is 0 Å². The number of aromatic nitrogens is 5. The number of benzene rings is 1. The van der Waals surface area contributed by atoms with Crippen molar-refractivity contribution in [1.82, 2.24) is 30.5 Å². The largest absolute Gasteiger partial charge is 0.385 e. The van der Waals surface area contributed by atoms with Gasteiger partial charge in [0.25, 0.3) is 0 Å². The minimum Gasteiger partial charge on any atom is -0.385 e. The maximum Gasteiger partial charge on any atom is 0.248 e. The number of rotatable bonds is 8. The van der Waals surface area contributed by atoms with Crippen LogP contribution in [0.2, 0.25) is 0 Å². The predicted molar refractivity (Wildman–Crippen MR) is 97.5 cm³/mol. The quantitative estimate of drug-likeness (QED) is 0.526. The Kier molecular flexibility index (Phi) is 6.22. The summed E-state index contributed by atoms with van der Waals surface area (Å²) >= 11 is 0. The molecule has 0 spiro atoms. The van der Waals surface area contributed by atoms with Gasteiger partial charge in [0.05, 0.1) is 6.54 Å². The maximum absolute atomic E-state index is 12.9. The smallest absolute Gasteiger partial charge is 0.248 e. The molecule has 9 nitrogen and oxygen atoms in total. The molecule has 2 heterocycles. The van der Waals surface area contributed by atoms with E-state index >= 15 is 0 Å². The van der Waals surface area contributed by atoms with Gasteiger partial charge in [-0.1, -0.05) is 6.07 Å². The Morgan fingerprint density at radius 2 is 2.04 bits per heavy atom. The van der Waals surface area contributed by atoms with Crippen LogP contribution in [-0.2, 0) is 11.3 Å². The van der Waals surface area contributed by atoms with Crippen LogP contribution in [0.4, 0.5) is 4.39 Å². The monoisotopic (exact) mass is 386 g/mol. The van der Waals surface area contributed by atoms with E-state index in [1.807, 2.05) is 0 Å². The fraction of sp³-hybridized carbons (Fsp3) is 0.278. The zero-order valence-corrected chi connectivity index (χ0v) is 14.9. The van der Waals surface area contributed by atoms with Crippen molar-refractivity contribution in [2.24, 2.45) is 0 Å². The van der Waals surface area contributed by atoms with E-state index in [0.717, 1.165) is 0 Å². The Morgan fingerprint density at radius 1 is 1.25 bits per heavy atom. The van der Waals surface area contributed by atoms with E-state index in [1.165, 1.54) is 29.1 Å². The van der Waals surface area contributed by atoms with Gasteiger partial charge >= 0.3 is 0 Å². The third-order valence-corrected chi connectivity index (χ3v) is 3.96. The number of aromatic amines is 1. The second-order valence-electron chi connectivity index (χ2n) is 6.11. The van der Waals surface area contributed by atoms with Crippen molar-refractivity contribution in [1.29, 1.82) is 0 Å². The van der Waals surface area contributed by atoms with Crippen molar-refractivity contribution < 1.29 is 14.3 Å². The molecule has 1 aromatic carbocycles. The van der Waals surface area contributed by atoms with Gasteiger partial charge in [-0.2, -0.15) is 4.80 Å². The third-order valence-electron chi connectivity index (χ3n) is 3.96. The molecule has 3 rings (SSSR count). The number of halogens is 1. The Hall–Kier alpha value is -3.40. The number of nitrogens with one attached hydrogen (secondary N) is 2. The van der Waals surface area contributed by atoms with Crippen LogP contribution >= 0.6 is 0 Å². The first-order chi connectivity index (χ1) is 13.5. The molecule has 2 aromatic heterocycles. The molecule has 0 aliphatic heterocycles. The molecule has 0 saturated carbocycles. The standard InChI is InChI=1S/C18H19FN6O3/c19-13-8-6-12(7-9-13)18-22-24-25(23-18)10-2-5-16(27)20-11-15(26)14-3-1-4-17(28)21-14/h1,3-4,6-9,15,26H,2,5,10-11H2,(H,20,27)(H,21,28). The number of hydrogen-bond acceptors (Lipinski definition) is 6. The minimum atomic E-state index is -0.993. The lowest BCUT2D eigenvalue weighted by Crippen LogP contribution is -2.29. The van der Waals surface area contributed by atoms with Crippen LogP contribution in [0.1, 0.15) is 24.6 Å². The van der Waals surface area contributed by atoms with Gasteiger partial charge in [0.2, 0.25) is 17.3 Å². The fourth-order valence-electron chi connectivity index (χ4n) is 2.50. The van der Waals surface area contributed by atoms with Gasteiger partial charge in [0.15, 0.2) is 0 Å². The molecule has 3 N–H and O–H groups in total. The Bertz CT molecular complexity index is 985. The fourth-order valence-corrected chi connectivity index (χ4v) is 2.50. The Balaban J connectivity index is 1.42. The maximum atomic E-state index is 12.9. The van der Waals surface area contributed by atoms with E-state index in [0.29, 0.717) is 30.0 Å². The number of hydrogen-bond donors (Lipinski definition) is 3. The molecule has 10 heteroatoms. The molecule has 1 amide bonds. The molecular formula is C18H19FN6O3. The van der Waals surface area contributed by atoms with E-state index in [2.05, 4.69) is 25.7 Å². The first-order valence-electron chi connectivity index (χ1n) is 8.69. The summed E-state index contributed by atoms with van der Waals surface area (Å²) in [5.74, 6) is -0.202. The van der Waals surface area contributed by atoms with Crippen molar-refractivity contribution >= 4 is 5.91 Å². The van der Waals surface area contributed by atoms with Crippen molar-refractivity contribution in [3.05, 3.63) is 64.3 Å². The molecule has 0 fully saturated rings. The molecule has 1 unspecified atom stereocenters. The molecule has 0 radical (unpaired) electrons. The zero-order chi connectivity index (χ0) is 19.9. The minimum absolute atomic E-state index is 0.00488. The highest BCUT2D eigenvalue weighted by atomic mass is 19.1. The molecule has 0 bridgehead atoms. The summed E-state index contributed by atoms with van der Waals surface area (Å²) in [4.78, 5) is 27.0. The summed E-state index contributed by atoms with van der Waals surface area (Å²) < 4.78 is 12.9. The van der Waals surface area contributed by atoms with Gasteiger partial charge in [-0.15, -0.1) is 10.2 Å². The highest BCUT2D eigenvalue weighted by Crippen LogP contribution is 2.13. The third kappa shape index (κ3) is 5.30. The summed E-state index contributed by atoms with van der Waals surface area (Å²) in [6.07, 6.45) is -0.303. The zero-order valence-electron chi connectivity index (χ0n) is 14.9. The Labute approximate surface area is 159 Å². The number of nitrogens with zero attached hydrogens (tertiary/aromatic N) is 4. The SMILES string of the molecule is O=C(CCCn1nnc(-c2ccc(F)cc2)n1)NCC(O)c1cccc(=O)[nH]1. The number of H-pyrrole nitrogens is 1. The normalized spacial score (nSPS) is 11.9. The van der Waals surface area contributed by atoms with E-state index < -0.39 is 6.10 Å². The topological polar surface area (TPSA) is 126 Å². The first kappa shape index (κ1) is 19.4. The van der Waals surface area contributed by atoms with Gasteiger partial charge < -0.3 is 15.4 Å². The van der Waals surface area contributed by atoms with Gasteiger partial charge in [0.1, 0.15) is 11.9 Å². The van der Waals surface area contributed by atoms with E-state index in [9.17, 15) is 19.1 Å². The van der Waals surface area contributed by atoms with Crippen molar-refractivity contribution in [2.45, 2.75) is 25.5 Å². The predicted octanol–water partition coefficient (Wildman–Crippen LogP) is 0.797. The van der Waals surface area contributed by atoms with Gasteiger partial charge in [-0.25, -0.2) is 4.39 Å². The van der Waals surface area contributed by atoms with Gasteiger partial charge in [0, 0.05) is 30.3 Å². The lowest BCUT2D eigenvalue weighted by molar-refractivity contribution is -0.121. The molecule has 28 heavy (non-hydrogen) atoms. The number of pyridine rings is 1. The van der Waals surface area contributed by atoms with Crippen LogP contribution in [0.15, 0.2) is 47.3 Å². The number of aliphatic hydroxyl groups excluding tert-OH is 1. The number of aryl methyl sites for hydroxylation is 1. The molecular weight excluding hydrogens is 367 g/mol. The average molecular weight is 386 g/mol. The van der Waals surface area contributed by atoms with E-state index in [1.54, 1.807) is 18.2 Å². The van der Waals surface area contributed by atoms with Crippen LogP contribution in [-0.4, -0.2) is 42.7 Å². The van der Waals surface area contributed by atoms with Crippen molar-refractivity contribution in [3.63, 3.8) is 0 Å². The Morgan fingerprint density at radius 3 is 2.79 bits per heavy atom. The molecule has 0 aliphatic carbocycles.